The predicted octanol–water partition coefficient (Wildman–Crippen LogP) is 2.44. The van der Waals surface area contributed by atoms with Crippen LogP contribution in [0.1, 0.15) is 28.5 Å². The van der Waals surface area contributed by atoms with Gasteiger partial charge >= 0.3 is 0 Å². The summed E-state index contributed by atoms with van der Waals surface area (Å²) < 4.78 is 14.3. The number of aromatic nitrogens is 4. The average Bonchev–Trinajstić information content (AvgIpc) is 3.36. The van der Waals surface area contributed by atoms with Crippen LogP contribution in [-0.2, 0) is 13.1 Å². The molecule has 26 heavy (non-hydrogen) atoms. The van der Waals surface area contributed by atoms with Gasteiger partial charge in [0.1, 0.15) is 0 Å². The van der Waals surface area contributed by atoms with Crippen LogP contribution in [0.5, 0.6) is 11.5 Å². The molecule has 0 spiro atoms. The van der Waals surface area contributed by atoms with E-state index < -0.39 is 0 Å². The first-order chi connectivity index (χ1) is 12.6. The molecular weight excluding hydrogens is 334 g/mol. The number of fused-ring (bicyclic) bond motifs is 1. The Morgan fingerprint density at radius 2 is 2.08 bits per heavy atom. The maximum Gasteiger partial charge on any atom is 0.255 e. The van der Waals surface area contributed by atoms with E-state index in [1.54, 1.807) is 35.3 Å². The molecular formula is C18H19N5O3. The summed E-state index contributed by atoms with van der Waals surface area (Å²) in [6, 6.07) is 5.11. The zero-order valence-electron chi connectivity index (χ0n) is 14.6. The monoisotopic (exact) mass is 353 g/mol. The zero-order chi connectivity index (χ0) is 18.1. The van der Waals surface area contributed by atoms with Gasteiger partial charge in [0.25, 0.3) is 5.91 Å². The van der Waals surface area contributed by atoms with Gasteiger partial charge in [0.05, 0.1) is 24.6 Å². The largest absolute Gasteiger partial charge is 0.454 e. The number of carbonyl (C=O) groups is 1. The molecule has 0 saturated carbocycles. The van der Waals surface area contributed by atoms with Crippen molar-refractivity contribution in [2.75, 3.05) is 12.1 Å². The Bertz CT molecular complexity index is 960. The van der Waals surface area contributed by atoms with Crippen LogP contribution in [0, 0.1) is 6.92 Å². The van der Waals surface area contributed by atoms with Crippen molar-refractivity contribution in [2.24, 2.45) is 0 Å². The quantitative estimate of drug-likeness (QED) is 0.762. The third kappa shape index (κ3) is 3.01. The fourth-order valence-electron chi connectivity index (χ4n) is 2.89. The van der Waals surface area contributed by atoms with Gasteiger partial charge in [-0.2, -0.15) is 10.2 Å². The van der Waals surface area contributed by atoms with Crippen LogP contribution in [0.25, 0.3) is 0 Å². The highest BCUT2D eigenvalue weighted by Crippen LogP contribution is 2.32. The van der Waals surface area contributed by atoms with Crippen molar-refractivity contribution >= 4 is 11.6 Å². The van der Waals surface area contributed by atoms with E-state index in [9.17, 15) is 4.79 Å². The van der Waals surface area contributed by atoms with Gasteiger partial charge in [-0.1, -0.05) is 0 Å². The van der Waals surface area contributed by atoms with Crippen molar-refractivity contribution in [3.05, 3.63) is 53.6 Å². The van der Waals surface area contributed by atoms with Gasteiger partial charge in [-0.25, -0.2) is 0 Å². The normalized spacial score (nSPS) is 12.4. The molecule has 0 radical (unpaired) electrons. The molecule has 0 bridgehead atoms. The topological polar surface area (TPSA) is 83.2 Å². The number of hydrogen-bond acceptors (Lipinski definition) is 5. The molecule has 1 aliphatic rings. The molecule has 2 aromatic heterocycles. The summed E-state index contributed by atoms with van der Waals surface area (Å²) in [5.74, 6) is 1.01. The molecule has 134 valence electrons. The first-order valence-electron chi connectivity index (χ1n) is 8.39. The lowest BCUT2D eigenvalue weighted by atomic mass is 10.2. The fourth-order valence-corrected chi connectivity index (χ4v) is 2.89. The van der Waals surface area contributed by atoms with Crippen LogP contribution < -0.4 is 14.8 Å². The molecule has 0 saturated heterocycles. The molecule has 0 fully saturated rings. The van der Waals surface area contributed by atoms with E-state index in [1.165, 1.54) is 0 Å². The highest BCUT2D eigenvalue weighted by atomic mass is 16.7. The molecule has 4 rings (SSSR count). The number of anilines is 1. The Balaban J connectivity index is 1.44. The highest BCUT2D eigenvalue weighted by Gasteiger charge is 2.16. The van der Waals surface area contributed by atoms with Gasteiger partial charge in [0.2, 0.25) is 6.79 Å². The molecule has 1 amide bonds. The van der Waals surface area contributed by atoms with E-state index in [-0.39, 0.29) is 12.7 Å². The van der Waals surface area contributed by atoms with Crippen molar-refractivity contribution in [3.63, 3.8) is 0 Å². The summed E-state index contributed by atoms with van der Waals surface area (Å²) in [7, 11) is 0. The Morgan fingerprint density at radius 3 is 2.88 bits per heavy atom. The third-order valence-corrected chi connectivity index (χ3v) is 4.36. The van der Waals surface area contributed by atoms with Crippen LogP contribution >= 0.6 is 0 Å². The van der Waals surface area contributed by atoms with E-state index >= 15 is 0 Å². The Hall–Kier alpha value is -3.29. The minimum Gasteiger partial charge on any atom is -0.454 e. The lowest BCUT2D eigenvalue weighted by Crippen LogP contribution is -2.11. The number of amides is 1. The van der Waals surface area contributed by atoms with Gasteiger partial charge < -0.3 is 14.8 Å². The van der Waals surface area contributed by atoms with Crippen LogP contribution in [0.4, 0.5) is 5.69 Å². The van der Waals surface area contributed by atoms with E-state index in [2.05, 4.69) is 22.4 Å². The number of aryl methyl sites for hydroxylation is 1. The predicted molar refractivity (Wildman–Crippen MR) is 94.5 cm³/mol. The smallest absolute Gasteiger partial charge is 0.255 e. The fraction of sp³-hybridized carbons (Fsp3) is 0.278. The summed E-state index contributed by atoms with van der Waals surface area (Å²) in [6.07, 6.45) is 5.28. The third-order valence-electron chi connectivity index (χ3n) is 4.36. The SMILES string of the molecule is CCn1ncc(Cn2cc(NC(=O)c3ccc4c(c3)OCO4)cn2)c1C. The molecule has 8 nitrogen and oxygen atoms in total. The van der Waals surface area contributed by atoms with Gasteiger partial charge in [-0.15, -0.1) is 0 Å². The van der Waals surface area contributed by atoms with Crippen molar-refractivity contribution in [2.45, 2.75) is 26.9 Å². The van der Waals surface area contributed by atoms with E-state index in [0.717, 1.165) is 17.8 Å². The standard InChI is InChI=1S/C18H19N5O3/c1-3-23-12(2)14(7-20-23)9-22-10-15(8-19-22)21-18(24)13-4-5-16-17(6-13)26-11-25-16/h4-8,10H,3,9,11H2,1-2H3,(H,21,24). The second-order valence-electron chi connectivity index (χ2n) is 6.02. The number of carbonyl (C=O) groups excluding carboxylic acids is 1. The molecule has 1 aliphatic heterocycles. The molecule has 1 N–H and O–H groups in total. The maximum absolute atomic E-state index is 12.4. The van der Waals surface area contributed by atoms with Crippen LogP contribution in [0.2, 0.25) is 0 Å². The minimum atomic E-state index is -0.224. The number of hydrogen-bond donors (Lipinski definition) is 1. The Kier molecular flexibility index (Phi) is 4.08. The molecule has 8 heteroatoms. The van der Waals surface area contributed by atoms with Crippen LogP contribution in [0.15, 0.2) is 36.8 Å². The molecule has 0 atom stereocenters. The molecule has 3 heterocycles. The summed E-state index contributed by atoms with van der Waals surface area (Å²) in [5.41, 5.74) is 3.35. The van der Waals surface area contributed by atoms with Gasteiger partial charge in [0, 0.05) is 29.6 Å². The van der Waals surface area contributed by atoms with Crippen molar-refractivity contribution < 1.29 is 14.3 Å². The van der Waals surface area contributed by atoms with Crippen molar-refractivity contribution in [3.8, 4) is 11.5 Å². The first-order valence-corrected chi connectivity index (χ1v) is 8.39. The van der Waals surface area contributed by atoms with Gasteiger partial charge in [-0.3, -0.25) is 14.2 Å². The van der Waals surface area contributed by atoms with Crippen molar-refractivity contribution in [1.82, 2.24) is 19.6 Å². The highest BCUT2D eigenvalue weighted by molar-refractivity contribution is 6.04. The second kappa shape index (κ2) is 6.55. The Labute approximate surface area is 150 Å². The van der Waals surface area contributed by atoms with Crippen molar-refractivity contribution in [1.29, 1.82) is 0 Å². The zero-order valence-corrected chi connectivity index (χ0v) is 14.6. The lowest BCUT2D eigenvalue weighted by molar-refractivity contribution is 0.102. The van der Waals surface area contributed by atoms with Crippen LogP contribution in [-0.4, -0.2) is 32.3 Å². The molecule has 1 aromatic carbocycles. The first kappa shape index (κ1) is 16.2. The number of ether oxygens (including phenoxy) is 2. The summed E-state index contributed by atoms with van der Waals surface area (Å²) in [6.45, 7) is 5.72. The summed E-state index contributed by atoms with van der Waals surface area (Å²) >= 11 is 0. The van der Waals surface area contributed by atoms with E-state index in [4.69, 9.17) is 9.47 Å². The molecule has 0 unspecified atom stereocenters. The number of benzene rings is 1. The van der Waals surface area contributed by atoms with Gasteiger partial charge in [0.15, 0.2) is 11.5 Å². The van der Waals surface area contributed by atoms with Crippen LogP contribution in [0.3, 0.4) is 0 Å². The summed E-state index contributed by atoms with van der Waals surface area (Å²) in [4.78, 5) is 12.4. The average molecular weight is 353 g/mol. The lowest BCUT2D eigenvalue weighted by Gasteiger charge is -2.04. The van der Waals surface area contributed by atoms with Gasteiger partial charge in [-0.05, 0) is 32.0 Å². The molecule has 0 aliphatic carbocycles. The maximum atomic E-state index is 12.4. The summed E-state index contributed by atoms with van der Waals surface area (Å²) in [5, 5.41) is 11.5. The van der Waals surface area contributed by atoms with E-state index in [0.29, 0.717) is 29.3 Å². The minimum absolute atomic E-state index is 0.182. The molecule has 3 aromatic rings. The number of nitrogens with zero attached hydrogens (tertiary/aromatic N) is 4. The second-order valence-corrected chi connectivity index (χ2v) is 6.02. The number of nitrogens with one attached hydrogen (secondary N) is 1. The Morgan fingerprint density at radius 1 is 1.23 bits per heavy atom. The van der Waals surface area contributed by atoms with E-state index in [1.807, 2.05) is 17.8 Å². The number of rotatable bonds is 5.